The van der Waals surface area contributed by atoms with Crippen molar-refractivity contribution in [2.45, 2.75) is 6.54 Å². The summed E-state index contributed by atoms with van der Waals surface area (Å²) in [6, 6.07) is 17.4. The van der Waals surface area contributed by atoms with Crippen LogP contribution in [0.1, 0.15) is 11.1 Å². The number of hydrogen-bond acceptors (Lipinski definition) is 5. The van der Waals surface area contributed by atoms with Crippen LogP contribution in [0.5, 0.6) is 11.5 Å². The van der Waals surface area contributed by atoms with Crippen molar-refractivity contribution in [3.8, 4) is 11.5 Å². The molecule has 0 fully saturated rings. The molecule has 0 atom stereocenters. The molecule has 33 heavy (non-hydrogen) atoms. The zero-order valence-corrected chi connectivity index (χ0v) is 18.7. The minimum Gasteiger partial charge on any atom is -0.497 e. The number of nitrogens with one attached hydrogen (secondary N) is 1. The monoisotopic (exact) mass is 466 g/mol. The summed E-state index contributed by atoms with van der Waals surface area (Å²) in [5.74, 6) is -0.522. The van der Waals surface area contributed by atoms with Gasteiger partial charge in [-0.1, -0.05) is 41.9 Å². The number of ether oxygens (including phenoxy) is 2. The molecule has 1 N–H and O–H groups in total. The molecule has 2 amide bonds. The second kappa shape index (κ2) is 9.34. The van der Waals surface area contributed by atoms with Gasteiger partial charge in [0.1, 0.15) is 23.0 Å². The molecular weight excluding hydrogens is 447 g/mol. The molecule has 0 bridgehead atoms. The molecule has 0 radical (unpaired) electrons. The molecule has 1 heterocycles. The fraction of sp³-hybridized carbons (Fsp3) is 0.120. The average Bonchev–Trinajstić information content (AvgIpc) is 3.05. The highest BCUT2D eigenvalue weighted by molar-refractivity contribution is 6.36. The number of amides is 2. The lowest BCUT2D eigenvalue weighted by atomic mass is 10.0. The molecule has 1 aliphatic rings. The first-order valence-corrected chi connectivity index (χ1v) is 10.4. The summed E-state index contributed by atoms with van der Waals surface area (Å²) >= 11 is 6.26. The van der Waals surface area contributed by atoms with Crippen molar-refractivity contribution in [3.63, 3.8) is 0 Å². The molecule has 0 spiro atoms. The van der Waals surface area contributed by atoms with Gasteiger partial charge in [-0.2, -0.15) is 0 Å². The summed E-state index contributed by atoms with van der Waals surface area (Å²) in [7, 11) is 3.01. The highest BCUT2D eigenvalue weighted by Gasteiger charge is 2.39. The number of halogens is 2. The van der Waals surface area contributed by atoms with E-state index in [-0.39, 0.29) is 17.8 Å². The van der Waals surface area contributed by atoms with Gasteiger partial charge >= 0.3 is 0 Å². The van der Waals surface area contributed by atoms with Gasteiger partial charge in [-0.3, -0.25) is 14.5 Å². The van der Waals surface area contributed by atoms with Crippen molar-refractivity contribution in [1.29, 1.82) is 0 Å². The van der Waals surface area contributed by atoms with Gasteiger partial charge in [-0.05, 0) is 41.5 Å². The SMILES string of the molecule is COc1ccc(OC)c(NC2=C(c3ccc(F)cc3)C(=O)N(Cc3ccccc3Cl)C2=O)c1. The third-order valence-electron chi connectivity index (χ3n) is 5.25. The first-order chi connectivity index (χ1) is 15.9. The van der Waals surface area contributed by atoms with E-state index in [2.05, 4.69) is 5.32 Å². The van der Waals surface area contributed by atoms with Crippen LogP contribution in [0.15, 0.2) is 72.4 Å². The normalized spacial score (nSPS) is 13.5. The summed E-state index contributed by atoms with van der Waals surface area (Å²) in [6.07, 6.45) is 0. The minimum absolute atomic E-state index is 0.0114. The zero-order valence-electron chi connectivity index (χ0n) is 17.9. The number of rotatable bonds is 7. The number of hydrogen-bond donors (Lipinski definition) is 1. The number of anilines is 1. The van der Waals surface area contributed by atoms with Crippen LogP contribution >= 0.6 is 11.6 Å². The van der Waals surface area contributed by atoms with Crippen LogP contribution in [0, 0.1) is 5.82 Å². The number of methoxy groups -OCH3 is 2. The van der Waals surface area contributed by atoms with Crippen LogP contribution in [0.4, 0.5) is 10.1 Å². The molecule has 8 heteroatoms. The van der Waals surface area contributed by atoms with E-state index in [0.29, 0.717) is 33.3 Å². The number of benzene rings is 3. The molecule has 3 aromatic rings. The molecule has 0 unspecified atom stereocenters. The summed E-state index contributed by atoms with van der Waals surface area (Å²) in [5.41, 5.74) is 1.63. The van der Waals surface area contributed by atoms with Crippen LogP contribution in [0.2, 0.25) is 5.02 Å². The predicted molar refractivity (Wildman–Crippen MR) is 123 cm³/mol. The molecule has 4 rings (SSSR count). The zero-order chi connectivity index (χ0) is 23.5. The minimum atomic E-state index is -0.538. The Balaban J connectivity index is 1.79. The van der Waals surface area contributed by atoms with E-state index < -0.39 is 17.6 Å². The van der Waals surface area contributed by atoms with E-state index in [9.17, 15) is 14.0 Å². The van der Waals surface area contributed by atoms with Crippen molar-refractivity contribution >= 4 is 34.7 Å². The molecule has 0 aliphatic carbocycles. The fourth-order valence-electron chi connectivity index (χ4n) is 3.56. The molecule has 168 valence electrons. The third-order valence-corrected chi connectivity index (χ3v) is 5.62. The molecular formula is C25H20ClFN2O4. The first-order valence-electron chi connectivity index (χ1n) is 10.0. The van der Waals surface area contributed by atoms with Crippen LogP contribution in [-0.2, 0) is 16.1 Å². The highest BCUT2D eigenvalue weighted by atomic mass is 35.5. The summed E-state index contributed by atoms with van der Waals surface area (Å²) in [4.78, 5) is 28.0. The van der Waals surface area contributed by atoms with Gasteiger partial charge in [-0.15, -0.1) is 0 Å². The Morgan fingerprint density at radius 2 is 1.67 bits per heavy atom. The third kappa shape index (κ3) is 4.40. The van der Waals surface area contributed by atoms with E-state index in [1.807, 2.05) is 0 Å². The maximum Gasteiger partial charge on any atom is 0.278 e. The molecule has 0 aromatic heterocycles. The smallest absolute Gasteiger partial charge is 0.278 e. The van der Waals surface area contributed by atoms with E-state index >= 15 is 0 Å². The standard InChI is InChI=1S/C25H20ClFN2O4/c1-32-18-11-12-21(33-2)20(13-18)28-23-22(15-7-9-17(27)10-8-15)24(30)29(25(23)31)14-16-5-3-4-6-19(16)26/h3-13,28H,14H2,1-2H3. The van der Waals surface area contributed by atoms with Gasteiger partial charge in [0.2, 0.25) is 0 Å². The molecule has 0 saturated heterocycles. The summed E-state index contributed by atoms with van der Waals surface area (Å²) in [5, 5.41) is 3.49. The Labute approximate surface area is 195 Å². The van der Waals surface area contributed by atoms with Crippen molar-refractivity contribution in [1.82, 2.24) is 4.90 Å². The maximum atomic E-state index is 13.5. The van der Waals surface area contributed by atoms with Crippen molar-refractivity contribution < 1.29 is 23.5 Å². The predicted octanol–water partition coefficient (Wildman–Crippen LogP) is 4.89. The topological polar surface area (TPSA) is 67.9 Å². The molecule has 3 aromatic carbocycles. The highest BCUT2D eigenvalue weighted by Crippen LogP contribution is 2.36. The summed E-state index contributed by atoms with van der Waals surface area (Å²) in [6.45, 7) is -0.0114. The number of imide groups is 1. The van der Waals surface area contributed by atoms with Gasteiger partial charge in [0.05, 0.1) is 32.0 Å². The lowest BCUT2D eigenvalue weighted by molar-refractivity contribution is -0.137. The van der Waals surface area contributed by atoms with Crippen LogP contribution in [0.25, 0.3) is 5.57 Å². The van der Waals surface area contributed by atoms with Gasteiger partial charge in [0, 0.05) is 11.1 Å². The lowest BCUT2D eigenvalue weighted by Gasteiger charge is -2.17. The van der Waals surface area contributed by atoms with Crippen molar-refractivity contribution in [3.05, 3.63) is 94.4 Å². The van der Waals surface area contributed by atoms with Crippen LogP contribution in [0.3, 0.4) is 0 Å². The maximum absolute atomic E-state index is 13.5. The Morgan fingerprint density at radius 1 is 0.939 bits per heavy atom. The van der Waals surface area contributed by atoms with Crippen molar-refractivity contribution in [2.75, 3.05) is 19.5 Å². The van der Waals surface area contributed by atoms with Crippen molar-refractivity contribution in [2.24, 2.45) is 0 Å². The number of nitrogens with zero attached hydrogens (tertiary/aromatic N) is 1. The Kier molecular flexibility index (Phi) is 6.33. The van der Waals surface area contributed by atoms with Gasteiger partial charge in [0.15, 0.2) is 0 Å². The van der Waals surface area contributed by atoms with E-state index in [4.69, 9.17) is 21.1 Å². The van der Waals surface area contributed by atoms with Gasteiger partial charge in [-0.25, -0.2) is 4.39 Å². The second-order valence-corrected chi connectivity index (χ2v) is 7.64. The second-order valence-electron chi connectivity index (χ2n) is 7.24. The van der Waals surface area contributed by atoms with Crippen LogP contribution < -0.4 is 14.8 Å². The molecule has 6 nitrogen and oxygen atoms in total. The van der Waals surface area contributed by atoms with E-state index in [1.54, 1.807) is 42.5 Å². The Bertz CT molecular complexity index is 1260. The largest absolute Gasteiger partial charge is 0.497 e. The Morgan fingerprint density at radius 3 is 2.33 bits per heavy atom. The fourth-order valence-corrected chi connectivity index (χ4v) is 3.76. The summed E-state index contributed by atoms with van der Waals surface area (Å²) < 4.78 is 24.2. The molecule has 0 saturated carbocycles. The van der Waals surface area contributed by atoms with E-state index in [1.165, 1.54) is 38.5 Å². The Hall–Kier alpha value is -3.84. The quantitative estimate of drug-likeness (QED) is 0.502. The van der Waals surface area contributed by atoms with Gasteiger partial charge < -0.3 is 14.8 Å². The van der Waals surface area contributed by atoms with E-state index in [0.717, 1.165) is 4.90 Å². The number of carbonyl (C=O) groups is 2. The van der Waals surface area contributed by atoms with Gasteiger partial charge in [0.25, 0.3) is 11.8 Å². The number of carbonyl (C=O) groups excluding carboxylic acids is 2. The first kappa shape index (κ1) is 22.4. The average molecular weight is 467 g/mol. The lowest BCUT2D eigenvalue weighted by Crippen LogP contribution is -2.32. The van der Waals surface area contributed by atoms with Crippen LogP contribution in [-0.4, -0.2) is 30.9 Å². The molecule has 1 aliphatic heterocycles.